The van der Waals surface area contributed by atoms with Crippen molar-refractivity contribution in [1.29, 1.82) is 0 Å². The van der Waals surface area contributed by atoms with Gasteiger partial charge in [-0.25, -0.2) is 9.97 Å². The smallest absolute Gasteiger partial charge is 0.435 e. The second-order valence-corrected chi connectivity index (χ2v) is 9.09. The van der Waals surface area contributed by atoms with Crippen LogP contribution in [0.15, 0.2) is 54.9 Å². The minimum atomic E-state index is -4.75. The third-order valence-corrected chi connectivity index (χ3v) is 6.65. The molecule has 0 unspecified atom stereocenters. The Balaban J connectivity index is 1.60. The van der Waals surface area contributed by atoms with Crippen LogP contribution in [0.3, 0.4) is 0 Å². The minimum Gasteiger partial charge on any atom is -0.494 e. The van der Waals surface area contributed by atoms with Crippen molar-refractivity contribution in [2.45, 2.75) is 38.4 Å². The number of aromatic nitrogens is 3. The fourth-order valence-corrected chi connectivity index (χ4v) is 4.86. The number of alkyl halides is 3. The number of rotatable bonds is 5. The van der Waals surface area contributed by atoms with Gasteiger partial charge in [-0.15, -0.1) is 0 Å². The number of hydrogen-bond donors (Lipinski definition) is 0. The maximum Gasteiger partial charge on any atom is 0.435 e. The molecular weight excluding hydrogens is 528 g/mol. The van der Waals surface area contributed by atoms with Crippen LogP contribution in [0.25, 0.3) is 16.8 Å². The first kappa shape index (κ1) is 27.0. The first-order chi connectivity index (χ1) is 19.2. The van der Waals surface area contributed by atoms with Crippen molar-refractivity contribution in [3.05, 3.63) is 72.2 Å². The monoisotopic (exact) mass is 552 g/mol. The zero-order chi connectivity index (χ0) is 28.4. The standard InChI is InChI=1S/C29H24F4N4O3/c1-3-7-23(38)36-16-5-4-8-20(36)28-35-25(26-27(29(31,32)33)34-15-17-37(26)28)18-11-13-19(14-12-18)40-22-10-6-9-21(39-2)24(22)30/h6,9-15,17,20H,4-5,8,16H2,1-2H3/t20-/m0/s1. The lowest BCUT2D eigenvalue weighted by Gasteiger charge is -2.33. The van der Waals surface area contributed by atoms with Crippen LogP contribution in [-0.2, 0) is 11.0 Å². The molecule has 2 aromatic carbocycles. The average molecular weight is 553 g/mol. The van der Waals surface area contributed by atoms with Gasteiger partial charge in [0.15, 0.2) is 17.2 Å². The van der Waals surface area contributed by atoms with Gasteiger partial charge in [0.05, 0.1) is 18.8 Å². The molecular formula is C29H24F4N4O3. The van der Waals surface area contributed by atoms with Crippen molar-refractivity contribution in [2.24, 2.45) is 0 Å². The maximum atomic E-state index is 14.5. The number of methoxy groups -OCH3 is 1. The molecule has 1 amide bonds. The highest BCUT2D eigenvalue weighted by Gasteiger charge is 2.39. The van der Waals surface area contributed by atoms with E-state index in [-0.39, 0.29) is 28.5 Å². The number of piperidine rings is 1. The van der Waals surface area contributed by atoms with E-state index in [0.717, 1.165) is 19.0 Å². The molecule has 11 heteroatoms. The second kappa shape index (κ2) is 10.9. The molecule has 0 radical (unpaired) electrons. The molecule has 1 fully saturated rings. The van der Waals surface area contributed by atoms with E-state index in [1.807, 2.05) is 0 Å². The molecule has 1 aliphatic heterocycles. The lowest BCUT2D eigenvalue weighted by molar-refractivity contribution is -0.140. The summed E-state index contributed by atoms with van der Waals surface area (Å²) >= 11 is 0. The van der Waals surface area contributed by atoms with E-state index in [1.54, 1.807) is 30.0 Å². The molecule has 7 nitrogen and oxygen atoms in total. The van der Waals surface area contributed by atoms with Gasteiger partial charge in [-0.05, 0) is 68.5 Å². The number of hydrogen-bond acceptors (Lipinski definition) is 5. The summed E-state index contributed by atoms with van der Waals surface area (Å²) in [6, 6.07) is 9.99. The third-order valence-electron chi connectivity index (χ3n) is 6.65. The Morgan fingerprint density at radius 2 is 1.85 bits per heavy atom. The third kappa shape index (κ3) is 5.04. The lowest BCUT2D eigenvalue weighted by Crippen LogP contribution is -2.38. The molecule has 0 aliphatic carbocycles. The number of imidazole rings is 1. The van der Waals surface area contributed by atoms with Crippen LogP contribution in [-0.4, -0.2) is 38.8 Å². The number of carbonyl (C=O) groups excluding carboxylic acids is 1. The van der Waals surface area contributed by atoms with Crippen molar-refractivity contribution >= 4 is 11.4 Å². The number of nitrogens with zero attached hydrogens (tertiary/aromatic N) is 4. The molecule has 2 aromatic heterocycles. The van der Waals surface area contributed by atoms with E-state index in [4.69, 9.17) is 9.47 Å². The molecule has 1 aliphatic rings. The van der Waals surface area contributed by atoms with E-state index in [2.05, 4.69) is 21.8 Å². The van der Waals surface area contributed by atoms with Crippen molar-refractivity contribution < 1.29 is 31.8 Å². The number of benzene rings is 2. The molecule has 3 heterocycles. The quantitative estimate of drug-likeness (QED) is 0.211. The highest BCUT2D eigenvalue weighted by molar-refractivity contribution is 5.93. The van der Waals surface area contributed by atoms with Gasteiger partial charge < -0.3 is 14.4 Å². The van der Waals surface area contributed by atoms with Gasteiger partial charge in [-0.1, -0.05) is 12.0 Å². The van der Waals surface area contributed by atoms with Crippen molar-refractivity contribution in [3.8, 4) is 40.3 Å². The normalized spacial score (nSPS) is 15.4. The fraction of sp³-hybridized carbons (Fsp3) is 0.276. The largest absolute Gasteiger partial charge is 0.494 e. The van der Waals surface area contributed by atoms with Crippen molar-refractivity contribution in [1.82, 2.24) is 19.3 Å². The van der Waals surface area contributed by atoms with Gasteiger partial charge in [-0.2, -0.15) is 17.6 Å². The number of amides is 1. The van der Waals surface area contributed by atoms with Crippen LogP contribution in [0, 0.1) is 17.7 Å². The number of ether oxygens (including phenoxy) is 2. The zero-order valence-corrected chi connectivity index (χ0v) is 21.6. The van der Waals surface area contributed by atoms with Crippen LogP contribution < -0.4 is 9.47 Å². The fourth-order valence-electron chi connectivity index (χ4n) is 4.86. The summed E-state index contributed by atoms with van der Waals surface area (Å²) in [7, 11) is 1.34. The number of halogens is 4. The molecule has 40 heavy (non-hydrogen) atoms. The SMILES string of the molecule is CC#CC(=O)N1CCCC[C@H]1c1nc(-c2ccc(Oc3cccc(OC)c3F)cc2)c2c(C(F)(F)F)nccn12. The number of likely N-dealkylation sites (tertiary alicyclic amines) is 1. The summed E-state index contributed by atoms with van der Waals surface area (Å²) in [6.07, 6.45) is -0.195. The van der Waals surface area contributed by atoms with Gasteiger partial charge >= 0.3 is 6.18 Å². The van der Waals surface area contributed by atoms with E-state index in [1.165, 1.54) is 42.0 Å². The Morgan fingerprint density at radius 3 is 2.55 bits per heavy atom. The molecule has 5 rings (SSSR count). The number of fused-ring (bicyclic) bond motifs is 1. The summed E-state index contributed by atoms with van der Waals surface area (Å²) in [6.45, 7) is 1.98. The summed E-state index contributed by atoms with van der Waals surface area (Å²) in [5.41, 5.74) is -0.904. The van der Waals surface area contributed by atoms with Gasteiger partial charge in [0.1, 0.15) is 17.1 Å². The molecule has 4 aromatic rings. The molecule has 0 saturated carbocycles. The van der Waals surface area contributed by atoms with Crippen LogP contribution in [0.4, 0.5) is 17.6 Å². The van der Waals surface area contributed by atoms with E-state index < -0.39 is 29.6 Å². The Hall–Kier alpha value is -4.59. The Morgan fingerprint density at radius 1 is 1.10 bits per heavy atom. The molecule has 0 bridgehead atoms. The predicted octanol–water partition coefficient (Wildman–Crippen LogP) is 6.43. The Kier molecular flexibility index (Phi) is 7.34. The zero-order valence-electron chi connectivity index (χ0n) is 21.6. The van der Waals surface area contributed by atoms with Crippen molar-refractivity contribution in [3.63, 3.8) is 0 Å². The summed E-state index contributed by atoms with van der Waals surface area (Å²) in [5.74, 6) is 4.55. The topological polar surface area (TPSA) is 69.0 Å². The molecule has 0 N–H and O–H groups in total. The summed E-state index contributed by atoms with van der Waals surface area (Å²) in [5, 5.41) is 0. The van der Waals surface area contributed by atoms with E-state index in [0.29, 0.717) is 24.4 Å². The molecule has 1 atom stereocenters. The second-order valence-electron chi connectivity index (χ2n) is 9.09. The number of carbonyl (C=O) groups is 1. The highest BCUT2D eigenvalue weighted by Crippen LogP contribution is 2.40. The van der Waals surface area contributed by atoms with Gasteiger partial charge in [-0.3, -0.25) is 9.20 Å². The van der Waals surface area contributed by atoms with Crippen LogP contribution in [0.5, 0.6) is 17.2 Å². The maximum absolute atomic E-state index is 14.5. The molecule has 0 spiro atoms. The van der Waals surface area contributed by atoms with Crippen LogP contribution in [0.2, 0.25) is 0 Å². The first-order valence-corrected chi connectivity index (χ1v) is 12.5. The Bertz CT molecular complexity index is 1620. The van der Waals surface area contributed by atoms with Gasteiger partial charge in [0.2, 0.25) is 5.82 Å². The average Bonchev–Trinajstić information content (AvgIpc) is 3.34. The predicted molar refractivity (Wildman–Crippen MR) is 138 cm³/mol. The Labute approximate surface area is 227 Å². The van der Waals surface area contributed by atoms with E-state index in [9.17, 15) is 22.4 Å². The van der Waals surface area contributed by atoms with Crippen LogP contribution in [0.1, 0.15) is 43.7 Å². The minimum absolute atomic E-state index is 0.0125. The van der Waals surface area contributed by atoms with Gasteiger partial charge in [0, 0.05) is 24.5 Å². The van der Waals surface area contributed by atoms with Crippen molar-refractivity contribution in [2.75, 3.05) is 13.7 Å². The lowest BCUT2D eigenvalue weighted by atomic mass is 10.0. The highest BCUT2D eigenvalue weighted by atomic mass is 19.4. The molecule has 206 valence electrons. The molecule has 1 saturated heterocycles. The van der Waals surface area contributed by atoms with Gasteiger partial charge in [0.25, 0.3) is 5.91 Å². The summed E-state index contributed by atoms with van der Waals surface area (Å²) in [4.78, 5) is 22.6. The van der Waals surface area contributed by atoms with Crippen LogP contribution >= 0.6 is 0 Å². The first-order valence-electron chi connectivity index (χ1n) is 12.5. The summed E-state index contributed by atoms with van der Waals surface area (Å²) < 4.78 is 68.9. The van der Waals surface area contributed by atoms with E-state index >= 15 is 0 Å².